The first-order chi connectivity index (χ1) is 12.6. The van der Waals surface area contributed by atoms with E-state index in [1.165, 1.54) is 5.56 Å². The molecule has 1 unspecified atom stereocenters. The number of aromatic nitrogens is 4. The van der Waals surface area contributed by atoms with Crippen molar-refractivity contribution in [2.45, 2.75) is 26.8 Å². The predicted molar refractivity (Wildman–Crippen MR) is 105 cm³/mol. The Hall–Kier alpha value is -2.25. The minimum absolute atomic E-state index is 0.475. The first kappa shape index (κ1) is 17.2. The molecule has 4 heterocycles. The number of piperazine rings is 1. The lowest BCUT2D eigenvalue weighted by Crippen LogP contribution is -2.47. The average molecular weight is 369 g/mol. The SMILES string of the molecule is Cc1cc(C)n(-c2ccc(N3CCN(C(C)c4ccsc4)CC3)nn2)n1. The van der Waals surface area contributed by atoms with Gasteiger partial charge in [0.15, 0.2) is 11.6 Å². The zero-order valence-electron chi connectivity index (χ0n) is 15.5. The van der Waals surface area contributed by atoms with Gasteiger partial charge in [-0.05, 0) is 61.4 Å². The Morgan fingerprint density at radius 1 is 1.00 bits per heavy atom. The second-order valence-corrected chi connectivity index (χ2v) is 7.62. The highest BCUT2D eigenvalue weighted by molar-refractivity contribution is 7.07. The van der Waals surface area contributed by atoms with Gasteiger partial charge in [-0.2, -0.15) is 16.4 Å². The number of anilines is 1. The molecule has 3 aromatic rings. The van der Waals surface area contributed by atoms with Crippen LogP contribution in [0.15, 0.2) is 35.0 Å². The fourth-order valence-corrected chi connectivity index (χ4v) is 4.27. The van der Waals surface area contributed by atoms with Crippen LogP contribution >= 0.6 is 11.3 Å². The van der Waals surface area contributed by atoms with Crippen LogP contribution in [0.3, 0.4) is 0 Å². The summed E-state index contributed by atoms with van der Waals surface area (Å²) in [6.07, 6.45) is 0. The van der Waals surface area contributed by atoms with Crippen LogP contribution in [0, 0.1) is 13.8 Å². The molecule has 26 heavy (non-hydrogen) atoms. The standard InChI is InChI=1S/C19H24N6S/c1-14-12-15(2)25(22-14)19-5-4-18(20-21-19)24-9-7-23(8-10-24)16(3)17-6-11-26-13-17/h4-6,11-13,16H,7-10H2,1-3H3. The van der Waals surface area contributed by atoms with Gasteiger partial charge in [-0.3, -0.25) is 4.90 Å². The fourth-order valence-electron chi connectivity index (χ4n) is 3.52. The van der Waals surface area contributed by atoms with Crippen molar-refractivity contribution < 1.29 is 0 Å². The van der Waals surface area contributed by atoms with E-state index in [-0.39, 0.29) is 0 Å². The molecule has 0 N–H and O–H groups in total. The summed E-state index contributed by atoms with van der Waals surface area (Å²) < 4.78 is 1.84. The third kappa shape index (κ3) is 3.37. The Bertz CT molecular complexity index is 847. The molecular formula is C19H24N6S. The molecule has 4 rings (SSSR count). The van der Waals surface area contributed by atoms with E-state index in [9.17, 15) is 0 Å². The molecule has 0 spiro atoms. The Morgan fingerprint density at radius 2 is 1.73 bits per heavy atom. The van der Waals surface area contributed by atoms with Gasteiger partial charge in [0.25, 0.3) is 0 Å². The molecule has 1 aliphatic rings. The van der Waals surface area contributed by atoms with Gasteiger partial charge in [-0.1, -0.05) is 0 Å². The van der Waals surface area contributed by atoms with Crippen LogP contribution in [0.5, 0.6) is 0 Å². The lowest BCUT2D eigenvalue weighted by Gasteiger charge is -2.38. The van der Waals surface area contributed by atoms with Crippen molar-refractivity contribution in [3.05, 3.63) is 52.0 Å². The highest BCUT2D eigenvalue weighted by atomic mass is 32.1. The summed E-state index contributed by atoms with van der Waals surface area (Å²) >= 11 is 1.77. The van der Waals surface area contributed by atoms with E-state index in [1.54, 1.807) is 11.3 Å². The van der Waals surface area contributed by atoms with E-state index in [2.05, 4.69) is 54.9 Å². The summed E-state index contributed by atoms with van der Waals surface area (Å²) in [5.41, 5.74) is 3.47. The Labute approximate surface area is 158 Å². The zero-order valence-corrected chi connectivity index (χ0v) is 16.3. The first-order valence-corrected chi connectivity index (χ1v) is 9.94. The van der Waals surface area contributed by atoms with Crippen LogP contribution in [0.2, 0.25) is 0 Å². The van der Waals surface area contributed by atoms with Gasteiger partial charge in [-0.25, -0.2) is 4.68 Å². The summed E-state index contributed by atoms with van der Waals surface area (Å²) in [5, 5.41) is 17.7. The molecule has 6 nitrogen and oxygen atoms in total. The topological polar surface area (TPSA) is 50.1 Å². The highest BCUT2D eigenvalue weighted by Gasteiger charge is 2.23. The zero-order chi connectivity index (χ0) is 18.1. The molecule has 1 aliphatic heterocycles. The van der Waals surface area contributed by atoms with E-state index in [0.717, 1.165) is 49.2 Å². The third-order valence-corrected chi connectivity index (χ3v) is 5.78. The number of hydrogen-bond donors (Lipinski definition) is 0. The number of hydrogen-bond acceptors (Lipinski definition) is 6. The van der Waals surface area contributed by atoms with Crippen molar-refractivity contribution in [2.24, 2.45) is 0 Å². The van der Waals surface area contributed by atoms with Gasteiger partial charge in [0.1, 0.15) is 0 Å². The van der Waals surface area contributed by atoms with E-state index >= 15 is 0 Å². The molecule has 136 valence electrons. The molecule has 0 radical (unpaired) electrons. The number of rotatable bonds is 4. The van der Waals surface area contributed by atoms with Crippen LogP contribution in [0.4, 0.5) is 5.82 Å². The van der Waals surface area contributed by atoms with E-state index in [4.69, 9.17) is 0 Å². The Morgan fingerprint density at radius 3 is 2.31 bits per heavy atom. The molecule has 1 atom stereocenters. The lowest BCUT2D eigenvalue weighted by atomic mass is 10.1. The maximum absolute atomic E-state index is 4.47. The fraction of sp³-hybridized carbons (Fsp3) is 0.421. The van der Waals surface area contributed by atoms with Crippen molar-refractivity contribution in [3.63, 3.8) is 0 Å². The normalized spacial score (nSPS) is 16.8. The van der Waals surface area contributed by atoms with E-state index in [1.807, 2.05) is 30.7 Å². The molecule has 0 bridgehead atoms. The molecule has 0 aromatic carbocycles. The summed E-state index contributed by atoms with van der Waals surface area (Å²) in [5.74, 6) is 1.71. The molecule has 1 fully saturated rings. The largest absolute Gasteiger partial charge is 0.353 e. The molecule has 3 aromatic heterocycles. The quantitative estimate of drug-likeness (QED) is 0.708. The Balaban J connectivity index is 1.41. The third-order valence-electron chi connectivity index (χ3n) is 5.07. The maximum atomic E-state index is 4.47. The monoisotopic (exact) mass is 368 g/mol. The second kappa shape index (κ2) is 7.17. The van der Waals surface area contributed by atoms with Gasteiger partial charge in [0, 0.05) is 37.9 Å². The summed E-state index contributed by atoms with van der Waals surface area (Å²) in [6, 6.07) is 8.80. The molecule has 0 saturated carbocycles. The van der Waals surface area contributed by atoms with Crippen molar-refractivity contribution in [3.8, 4) is 5.82 Å². The van der Waals surface area contributed by atoms with Crippen LogP contribution in [-0.4, -0.2) is 51.1 Å². The summed E-state index contributed by atoms with van der Waals surface area (Å²) in [4.78, 5) is 4.85. The van der Waals surface area contributed by atoms with Crippen LogP contribution in [0.1, 0.15) is 29.9 Å². The highest BCUT2D eigenvalue weighted by Crippen LogP contribution is 2.24. The summed E-state index contributed by atoms with van der Waals surface area (Å²) in [7, 11) is 0. The van der Waals surface area contributed by atoms with Crippen molar-refractivity contribution in [1.82, 2.24) is 24.9 Å². The first-order valence-electron chi connectivity index (χ1n) is 9.00. The van der Waals surface area contributed by atoms with Crippen LogP contribution in [0.25, 0.3) is 5.82 Å². The second-order valence-electron chi connectivity index (χ2n) is 6.84. The van der Waals surface area contributed by atoms with Crippen molar-refractivity contribution in [1.29, 1.82) is 0 Å². The van der Waals surface area contributed by atoms with Crippen molar-refractivity contribution in [2.75, 3.05) is 31.1 Å². The number of thiophene rings is 1. The summed E-state index contributed by atoms with van der Waals surface area (Å²) in [6.45, 7) is 10.3. The van der Waals surface area contributed by atoms with Crippen LogP contribution in [-0.2, 0) is 0 Å². The Kier molecular flexibility index (Phi) is 4.74. The molecule has 7 heteroatoms. The van der Waals surface area contributed by atoms with Crippen molar-refractivity contribution >= 4 is 17.2 Å². The lowest BCUT2D eigenvalue weighted by molar-refractivity contribution is 0.198. The number of aryl methyl sites for hydroxylation is 2. The van der Waals surface area contributed by atoms with E-state index < -0.39 is 0 Å². The van der Waals surface area contributed by atoms with Gasteiger partial charge in [0.05, 0.1) is 5.69 Å². The van der Waals surface area contributed by atoms with Gasteiger partial charge < -0.3 is 4.90 Å². The van der Waals surface area contributed by atoms with Gasteiger partial charge in [0.2, 0.25) is 0 Å². The average Bonchev–Trinajstić information content (AvgIpc) is 3.31. The molecule has 0 aliphatic carbocycles. The molecule has 1 saturated heterocycles. The van der Waals surface area contributed by atoms with Crippen LogP contribution < -0.4 is 4.90 Å². The van der Waals surface area contributed by atoms with Gasteiger partial charge >= 0.3 is 0 Å². The van der Waals surface area contributed by atoms with Gasteiger partial charge in [-0.15, -0.1) is 10.2 Å². The smallest absolute Gasteiger partial charge is 0.176 e. The molecule has 0 amide bonds. The molecular weight excluding hydrogens is 344 g/mol. The predicted octanol–water partition coefficient (Wildman–Crippen LogP) is 3.22. The minimum atomic E-state index is 0.475. The maximum Gasteiger partial charge on any atom is 0.176 e. The van der Waals surface area contributed by atoms with E-state index in [0.29, 0.717) is 6.04 Å². The number of nitrogens with zero attached hydrogens (tertiary/aromatic N) is 6. The minimum Gasteiger partial charge on any atom is -0.353 e.